The molecule has 2 atom stereocenters. The Kier molecular flexibility index (Phi) is 5.03. The molecule has 1 saturated carbocycles. The van der Waals surface area contributed by atoms with Crippen LogP contribution in [0.4, 0.5) is 5.82 Å². The van der Waals surface area contributed by atoms with Crippen molar-refractivity contribution in [2.24, 2.45) is 9.98 Å². The summed E-state index contributed by atoms with van der Waals surface area (Å²) in [5, 5.41) is 15.5. The summed E-state index contributed by atoms with van der Waals surface area (Å²) in [5.41, 5.74) is 5.49. The fourth-order valence-corrected chi connectivity index (χ4v) is 4.94. The number of aromatic amines is 1. The van der Waals surface area contributed by atoms with Crippen molar-refractivity contribution in [2.75, 3.05) is 19.6 Å². The van der Waals surface area contributed by atoms with Gasteiger partial charge in [-0.3, -0.25) is 25.1 Å². The number of H-pyrrole nitrogens is 1. The minimum absolute atomic E-state index is 0.0132. The van der Waals surface area contributed by atoms with Crippen LogP contribution in [0.1, 0.15) is 56.6 Å². The number of rotatable bonds is 4. The molecule has 0 aromatic carbocycles. The number of carbonyl (C=O) groups is 2. The molecule has 33 heavy (non-hydrogen) atoms. The first-order valence-corrected chi connectivity index (χ1v) is 12.0. The summed E-state index contributed by atoms with van der Waals surface area (Å²) in [6, 6.07) is 1.69. The zero-order chi connectivity index (χ0) is 22.4. The molecular weight excluding hydrogens is 422 g/mol. The highest BCUT2D eigenvalue weighted by atomic mass is 16.2. The van der Waals surface area contributed by atoms with Gasteiger partial charge in [-0.05, 0) is 38.5 Å². The number of piperidine rings is 1. The average molecular weight is 452 g/mol. The monoisotopic (exact) mass is 451 g/mol. The van der Waals surface area contributed by atoms with E-state index >= 15 is 0 Å². The molecular formula is C22H29N9O2. The van der Waals surface area contributed by atoms with E-state index in [9.17, 15) is 9.59 Å². The fourth-order valence-electron chi connectivity index (χ4n) is 4.94. The van der Waals surface area contributed by atoms with Gasteiger partial charge in [-0.25, -0.2) is 4.99 Å². The van der Waals surface area contributed by atoms with Crippen LogP contribution in [0.15, 0.2) is 27.8 Å². The standard InChI is InChI=1S/C22H29N9O2/c32-19-8-7-14(12-23-19)24-21(33)17-4-1-9-30(17)22-26-20(16-3-2-10-31(16)29-22)25-18-11-15(27-28-18)13-5-6-13/h3,11,13-14,17H,1-2,4-10,12H2,(H,23,32)(H,24,33)(H2,25,26,27,28,29)/t14?,17-/m0/s1. The Morgan fingerprint density at radius 2 is 2.12 bits per heavy atom. The van der Waals surface area contributed by atoms with Gasteiger partial charge >= 0.3 is 0 Å². The van der Waals surface area contributed by atoms with Gasteiger partial charge in [0.25, 0.3) is 0 Å². The molecule has 2 amide bonds. The number of hydrogen-bond acceptors (Lipinski definition) is 7. The van der Waals surface area contributed by atoms with Crippen LogP contribution >= 0.6 is 0 Å². The highest BCUT2D eigenvalue weighted by Crippen LogP contribution is 2.40. The van der Waals surface area contributed by atoms with Gasteiger partial charge in [0.05, 0.1) is 5.70 Å². The largest absolute Gasteiger partial charge is 0.354 e. The Morgan fingerprint density at radius 1 is 1.21 bits per heavy atom. The molecule has 3 fully saturated rings. The topological polar surface area (TPSA) is 130 Å². The summed E-state index contributed by atoms with van der Waals surface area (Å²) in [6.45, 7) is 2.06. The second-order valence-corrected chi connectivity index (χ2v) is 9.37. The number of aliphatic imine (C=N–C) groups is 2. The number of hydrazine groups is 1. The van der Waals surface area contributed by atoms with Gasteiger partial charge in [0.2, 0.25) is 17.8 Å². The van der Waals surface area contributed by atoms with Crippen LogP contribution in [-0.2, 0) is 9.59 Å². The first-order chi connectivity index (χ1) is 16.1. The van der Waals surface area contributed by atoms with Crippen molar-refractivity contribution >= 4 is 29.4 Å². The molecule has 5 aliphatic rings. The van der Waals surface area contributed by atoms with E-state index in [1.54, 1.807) is 0 Å². The maximum absolute atomic E-state index is 13.1. The van der Waals surface area contributed by atoms with Crippen molar-refractivity contribution in [3.63, 3.8) is 0 Å². The molecule has 1 aliphatic carbocycles. The summed E-state index contributed by atoms with van der Waals surface area (Å²) in [4.78, 5) is 36.2. The van der Waals surface area contributed by atoms with Gasteiger partial charge in [-0.1, -0.05) is 6.08 Å². The summed E-state index contributed by atoms with van der Waals surface area (Å²) < 4.78 is 0. The van der Waals surface area contributed by atoms with Crippen LogP contribution in [0.3, 0.4) is 0 Å². The molecule has 1 aromatic rings. The number of guanidine groups is 1. The third-order valence-corrected chi connectivity index (χ3v) is 6.92. The molecule has 6 rings (SSSR count). The van der Waals surface area contributed by atoms with E-state index in [1.807, 2.05) is 11.0 Å². The van der Waals surface area contributed by atoms with E-state index in [1.165, 1.54) is 12.8 Å². The third-order valence-electron chi connectivity index (χ3n) is 6.92. The van der Waals surface area contributed by atoms with E-state index in [0.29, 0.717) is 42.9 Å². The highest BCUT2D eigenvalue weighted by Gasteiger charge is 2.38. The third kappa shape index (κ3) is 4.07. The van der Waals surface area contributed by atoms with Gasteiger partial charge in [0.1, 0.15) is 6.04 Å². The highest BCUT2D eigenvalue weighted by molar-refractivity contribution is 6.09. The van der Waals surface area contributed by atoms with Crippen LogP contribution in [-0.4, -0.2) is 75.4 Å². The zero-order valence-electron chi connectivity index (χ0n) is 18.5. The normalized spacial score (nSPS) is 28.2. The van der Waals surface area contributed by atoms with Crippen LogP contribution in [0.2, 0.25) is 0 Å². The van der Waals surface area contributed by atoms with Crippen molar-refractivity contribution in [3.8, 4) is 0 Å². The van der Waals surface area contributed by atoms with E-state index in [0.717, 1.165) is 43.7 Å². The number of hydrogen-bond donors (Lipinski definition) is 4. The number of aromatic nitrogens is 2. The Labute approximate surface area is 191 Å². The van der Waals surface area contributed by atoms with E-state index in [-0.39, 0.29) is 23.9 Å². The molecule has 4 aliphatic heterocycles. The predicted molar refractivity (Wildman–Crippen MR) is 122 cm³/mol. The first-order valence-electron chi connectivity index (χ1n) is 12.0. The molecule has 0 spiro atoms. The molecule has 2 saturated heterocycles. The maximum Gasteiger partial charge on any atom is 0.243 e. The lowest BCUT2D eigenvalue weighted by Gasteiger charge is -2.35. The number of fused-ring (bicyclic) bond motifs is 1. The molecule has 1 aromatic heterocycles. The van der Waals surface area contributed by atoms with Crippen LogP contribution < -0.4 is 16.1 Å². The molecule has 11 nitrogen and oxygen atoms in total. The van der Waals surface area contributed by atoms with E-state index in [4.69, 9.17) is 9.98 Å². The predicted octanol–water partition coefficient (Wildman–Crippen LogP) is 0.640. The van der Waals surface area contributed by atoms with Crippen LogP contribution in [0.5, 0.6) is 0 Å². The lowest BCUT2D eigenvalue weighted by molar-refractivity contribution is -0.127. The Hall–Kier alpha value is -3.37. The van der Waals surface area contributed by atoms with E-state index < -0.39 is 0 Å². The Balaban J connectivity index is 1.22. The molecule has 0 bridgehead atoms. The van der Waals surface area contributed by atoms with Gasteiger partial charge in [-0.2, -0.15) is 10.1 Å². The smallest absolute Gasteiger partial charge is 0.243 e. The SMILES string of the molecule is O=C1CCC(NC(=O)[C@@H]2CCCN2C2=NC(=Nc3cc(C4CC4)[nH]n3)C3=CCCN3N2)CN1. The first kappa shape index (κ1) is 20.3. The van der Waals surface area contributed by atoms with Crippen molar-refractivity contribution in [1.82, 2.24) is 36.2 Å². The number of amides is 2. The molecule has 5 heterocycles. The number of carbonyl (C=O) groups excluding carboxylic acids is 2. The number of nitrogens with one attached hydrogen (secondary N) is 4. The Morgan fingerprint density at radius 3 is 2.94 bits per heavy atom. The molecule has 0 radical (unpaired) electrons. The van der Waals surface area contributed by atoms with Crippen molar-refractivity contribution in [1.29, 1.82) is 0 Å². The Bertz CT molecular complexity index is 1040. The fraction of sp³-hybridized carbons (Fsp3) is 0.591. The zero-order valence-corrected chi connectivity index (χ0v) is 18.5. The lowest BCUT2D eigenvalue weighted by Crippen LogP contribution is -2.58. The number of nitrogens with zero attached hydrogens (tertiary/aromatic N) is 5. The number of likely N-dealkylation sites (tertiary alicyclic amines) is 1. The van der Waals surface area contributed by atoms with Crippen LogP contribution in [0, 0.1) is 0 Å². The summed E-state index contributed by atoms with van der Waals surface area (Å²) in [6.07, 6.45) is 8.26. The minimum atomic E-state index is -0.296. The summed E-state index contributed by atoms with van der Waals surface area (Å²) in [7, 11) is 0. The second kappa shape index (κ2) is 8.20. The second-order valence-electron chi connectivity index (χ2n) is 9.37. The summed E-state index contributed by atoms with van der Waals surface area (Å²) in [5.74, 6) is 2.53. The van der Waals surface area contributed by atoms with Crippen molar-refractivity contribution in [2.45, 2.75) is 62.9 Å². The van der Waals surface area contributed by atoms with Gasteiger partial charge in [0.15, 0.2) is 11.7 Å². The average Bonchev–Trinajstić information content (AvgIpc) is 3.20. The molecule has 4 N–H and O–H groups in total. The molecule has 11 heteroatoms. The van der Waals surface area contributed by atoms with Crippen LogP contribution in [0.25, 0.3) is 0 Å². The minimum Gasteiger partial charge on any atom is -0.354 e. The van der Waals surface area contributed by atoms with E-state index in [2.05, 4.69) is 37.3 Å². The van der Waals surface area contributed by atoms with Crippen molar-refractivity contribution in [3.05, 3.63) is 23.5 Å². The van der Waals surface area contributed by atoms with Crippen molar-refractivity contribution < 1.29 is 9.59 Å². The number of amidine groups is 1. The quantitative estimate of drug-likeness (QED) is 0.532. The van der Waals surface area contributed by atoms with Gasteiger partial charge in [0, 0.05) is 49.8 Å². The van der Waals surface area contributed by atoms with Gasteiger partial charge in [-0.15, -0.1) is 0 Å². The molecule has 174 valence electrons. The maximum atomic E-state index is 13.1. The van der Waals surface area contributed by atoms with Gasteiger partial charge < -0.3 is 15.5 Å². The molecule has 1 unspecified atom stereocenters. The summed E-state index contributed by atoms with van der Waals surface area (Å²) >= 11 is 0. The lowest BCUT2D eigenvalue weighted by atomic mass is 10.1.